The molecule has 0 spiro atoms. The summed E-state index contributed by atoms with van der Waals surface area (Å²) in [6, 6.07) is 0. The van der Waals surface area contributed by atoms with E-state index < -0.39 is 17.4 Å². The van der Waals surface area contributed by atoms with Crippen molar-refractivity contribution in [3.8, 4) is 0 Å². The van der Waals surface area contributed by atoms with E-state index in [4.69, 9.17) is 0 Å². The van der Waals surface area contributed by atoms with Crippen molar-refractivity contribution in [3.63, 3.8) is 0 Å². The van der Waals surface area contributed by atoms with Crippen LogP contribution in [-0.2, 0) is 9.59 Å². The summed E-state index contributed by atoms with van der Waals surface area (Å²) in [5.41, 5.74) is -1.69. The molecule has 2 N–H and O–H groups in total. The highest BCUT2D eigenvalue weighted by Crippen LogP contribution is 2.52. The van der Waals surface area contributed by atoms with Gasteiger partial charge < -0.3 is 10.2 Å². The van der Waals surface area contributed by atoms with Crippen molar-refractivity contribution >= 4 is 11.9 Å². The number of piperidine rings is 2. The number of hydrogen-bond acceptors (Lipinski definition) is 4. The van der Waals surface area contributed by atoms with Crippen LogP contribution in [0, 0.1) is 23.2 Å². The predicted octanol–water partition coefficient (Wildman–Crippen LogP) is 8.03. The van der Waals surface area contributed by atoms with Gasteiger partial charge in [0.1, 0.15) is 0 Å². The number of hydrogen-bond donors (Lipinski definition) is 2. The third-order valence-electron chi connectivity index (χ3n) is 10.7. The molecular weight excluding hydrogens is 512 g/mol. The van der Waals surface area contributed by atoms with Gasteiger partial charge in [0, 0.05) is 35.2 Å². The fraction of sp³-hybridized carbons (Fsp3) is 0.829. The molecule has 0 atom stereocenters. The number of carboxylic acids is 2. The number of aliphatic carboxylic acids is 2. The van der Waals surface area contributed by atoms with Gasteiger partial charge in [-0.15, -0.1) is 13.2 Å². The highest BCUT2D eigenvalue weighted by Gasteiger charge is 2.52. The van der Waals surface area contributed by atoms with Gasteiger partial charge in [-0.05, 0) is 118 Å². The summed E-state index contributed by atoms with van der Waals surface area (Å²) >= 11 is 0. The van der Waals surface area contributed by atoms with Crippen molar-refractivity contribution in [3.05, 3.63) is 25.3 Å². The van der Waals surface area contributed by atoms with Crippen LogP contribution >= 0.6 is 0 Å². The SMILES string of the molecule is C=CCN1C(C)(C)CC(C(CCCC(CCCC)(C(=O)O)C(=O)O)C2CC(C)(C)N(CC=C)C(C)(C)C2)CC1(C)C. The third kappa shape index (κ3) is 7.84. The van der Waals surface area contributed by atoms with Gasteiger partial charge in [-0.2, -0.15) is 0 Å². The number of nitrogens with zero attached hydrogens (tertiary/aromatic N) is 2. The molecule has 2 aliphatic rings. The van der Waals surface area contributed by atoms with Crippen LogP contribution in [-0.4, -0.2) is 67.2 Å². The molecule has 6 nitrogen and oxygen atoms in total. The largest absolute Gasteiger partial charge is 0.480 e. The van der Waals surface area contributed by atoms with E-state index in [1.54, 1.807) is 0 Å². The molecule has 2 rings (SSSR count). The van der Waals surface area contributed by atoms with E-state index in [1.807, 2.05) is 19.1 Å². The maximum Gasteiger partial charge on any atom is 0.321 e. The van der Waals surface area contributed by atoms with Crippen LogP contribution in [0.4, 0.5) is 0 Å². The minimum absolute atomic E-state index is 0.000444. The predicted molar refractivity (Wildman–Crippen MR) is 170 cm³/mol. The molecule has 2 heterocycles. The smallest absolute Gasteiger partial charge is 0.321 e. The summed E-state index contributed by atoms with van der Waals surface area (Å²) in [5, 5.41) is 20.2. The first-order valence-corrected chi connectivity index (χ1v) is 16.1. The molecule has 2 saturated heterocycles. The molecule has 0 aromatic heterocycles. The molecule has 0 saturated carbocycles. The third-order valence-corrected chi connectivity index (χ3v) is 10.7. The molecule has 0 unspecified atom stereocenters. The second kappa shape index (κ2) is 13.3. The van der Waals surface area contributed by atoms with Crippen molar-refractivity contribution in [2.24, 2.45) is 23.2 Å². The Bertz CT molecular complexity index is 834. The van der Waals surface area contributed by atoms with E-state index in [-0.39, 0.29) is 35.0 Å². The fourth-order valence-electron chi connectivity index (χ4n) is 9.26. The van der Waals surface area contributed by atoms with Crippen molar-refractivity contribution in [2.75, 3.05) is 13.1 Å². The average Bonchev–Trinajstić information content (AvgIpc) is 2.81. The lowest BCUT2D eigenvalue weighted by Crippen LogP contribution is -2.63. The van der Waals surface area contributed by atoms with Gasteiger partial charge in [-0.25, -0.2) is 0 Å². The Hall–Kier alpha value is -1.66. The van der Waals surface area contributed by atoms with Crippen LogP contribution in [0.5, 0.6) is 0 Å². The van der Waals surface area contributed by atoms with E-state index in [2.05, 4.69) is 78.3 Å². The number of carboxylic acid groups (broad SMARTS) is 2. The molecule has 41 heavy (non-hydrogen) atoms. The monoisotopic (exact) mass is 574 g/mol. The molecular formula is C35H62N2O4. The van der Waals surface area contributed by atoms with Gasteiger partial charge in [-0.1, -0.05) is 38.3 Å². The van der Waals surface area contributed by atoms with Crippen LogP contribution in [0.25, 0.3) is 0 Å². The summed E-state index contributed by atoms with van der Waals surface area (Å²) in [6.07, 6.45) is 11.6. The zero-order chi connectivity index (χ0) is 31.4. The molecule has 0 aromatic rings. The van der Waals surface area contributed by atoms with Crippen LogP contribution in [0.1, 0.15) is 127 Å². The Labute approximate surface area is 251 Å². The van der Waals surface area contributed by atoms with Crippen LogP contribution in [0.2, 0.25) is 0 Å². The fourth-order valence-corrected chi connectivity index (χ4v) is 9.26. The molecule has 0 amide bonds. The van der Waals surface area contributed by atoms with Crippen molar-refractivity contribution < 1.29 is 19.8 Å². The topological polar surface area (TPSA) is 81.1 Å². The highest BCUT2D eigenvalue weighted by atomic mass is 16.4. The lowest BCUT2D eigenvalue weighted by molar-refractivity contribution is -0.166. The quantitative estimate of drug-likeness (QED) is 0.152. The molecule has 0 aliphatic carbocycles. The van der Waals surface area contributed by atoms with Gasteiger partial charge in [-0.3, -0.25) is 19.4 Å². The van der Waals surface area contributed by atoms with Crippen LogP contribution in [0.15, 0.2) is 25.3 Å². The first-order valence-electron chi connectivity index (χ1n) is 16.1. The zero-order valence-corrected chi connectivity index (χ0v) is 27.9. The Morgan fingerprint density at radius 2 is 1.10 bits per heavy atom. The van der Waals surface area contributed by atoms with E-state index in [0.29, 0.717) is 30.6 Å². The Morgan fingerprint density at radius 3 is 1.39 bits per heavy atom. The van der Waals surface area contributed by atoms with E-state index >= 15 is 0 Å². The van der Waals surface area contributed by atoms with Crippen LogP contribution < -0.4 is 0 Å². The van der Waals surface area contributed by atoms with Crippen molar-refractivity contribution in [1.29, 1.82) is 0 Å². The first kappa shape index (κ1) is 35.5. The molecule has 0 radical (unpaired) electrons. The summed E-state index contributed by atoms with van der Waals surface area (Å²) in [6.45, 7) is 30.6. The van der Waals surface area contributed by atoms with Gasteiger partial charge >= 0.3 is 11.9 Å². The number of likely N-dealkylation sites (tertiary alicyclic amines) is 2. The van der Waals surface area contributed by atoms with Crippen LogP contribution in [0.3, 0.4) is 0 Å². The normalized spacial score (nSPS) is 23.4. The van der Waals surface area contributed by atoms with Crippen molar-refractivity contribution in [1.82, 2.24) is 9.80 Å². The first-order chi connectivity index (χ1) is 18.8. The minimum atomic E-state index is -1.70. The maximum absolute atomic E-state index is 12.4. The zero-order valence-electron chi connectivity index (χ0n) is 27.9. The second-order valence-corrected chi connectivity index (χ2v) is 15.7. The molecule has 0 bridgehead atoms. The van der Waals surface area contributed by atoms with E-state index in [0.717, 1.165) is 51.6 Å². The van der Waals surface area contributed by atoms with Gasteiger partial charge in [0.2, 0.25) is 0 Å². The number of rotatable bonds is 15. The second-order valence-electron chi connectivity index (χ2n) is 15.7. The highest BCUT2D eigenvalue weighted by molar-refractivity contribution is 5.98. The maximum atomic E-state index is 12.4. The standard InChI is InChI=1S/C35H62N2O4/c1-12-15-18-35(29(38)39,30(40)41)19-16-17-28(26-22-31(4,5)36(20-13-2)32(6,7)23-26)27-24-33(8,9)37(21-14-3)34(10,11)25-27/h13-14,26-28H,2-3,12,15-25H2,1,4-11H3,(H,38,39)(H,40,41). The molecule has 2 fully saturated rings. The molecule has 236 valence electrons. The summed E-state index contributed by atoms with van der Waals surface area (Å²) in [5.74, 6) is -1.02. The lowest BCUT2D eigenvalue weighted by atomic mass is 9.60. The number of unbranched alkanes of at least 4 members (excludes halogenated alkanes) is 1. The summed E-state index contributed by atoms with van der Waals surface area (Å²) < 4.78 is 0. The summed E-state index contributed by atoms with van der Waals surface area (Å²) in [4.78, 5) is 29.9. The minimum Gasteiger partial charge on any atom is -0.480 e. The Kier molecular flexibility index (Phi) is 11.5. The molecule has 0 aromatic carbocycles. The Morgan fingerprint density at radius 1 is 0.756 bits per heavy atom. The Balaban J connectivity index is 2.47. The van der Waals surface area contributed by atoms with E-state index in [9.17, 15) is 19.8 Å². The molecule has 2 aliphatic heterocycles. The van der Waals surface area contributed by atoms with E-state index in [1.165, 1.54) is 0 Å². The summed E-state index contributed by atoms with van der Waals surface area (Å²) in [7, 11) is 0. The molecule has 6 heteroatoms. The average molecular weight is 575 g/mol. The van der Waals surface area contributed by atoms with Gasteiger partial charge in [0.25, 0.3) is 0 Å². The van der Waals surface area contributed by atoms with Crippen molar-refractivity contribution in [2.45, 2.75) is 149 Å². The van der Waals surface area contributed by atoms with Gasteiger partial charge in [0.05, 0.1) is 0 Å². The lowest BCUT2D eigenvalue weighted by Gasteiger charge is -2.60. The van der Waals surface area contributed by atoms with Gasteiger partial charge in [0.15, 0.2) is 5.41 Å². The number of carbonyl (C=O) groups is 2.